The number of carbonyl (C=O) groups is 1. The predicted molar refractivity (Wildman–Crippen MR) is 49.4 cm³/mol. The van der Waals surface area contributed by atoms with E-state index >= 15 is 0 Å². The number of rotatable bonds is 5. The van der Waals surface area contributed by atoms with Gasteiger partial charge < -0.3 is 9.84 Å². The highest BCUT2D eigenvalue weighted by atomic mass is 19.1. The molecule has 0 bridgehead atoms. The molecule has 15 heavy (non-hydrogen) atoms. The molecule has 5 heteroatoms. The lowest BCUT2D eigenvalue weighted by molar-refractivity contribution is 0.0695. The number of benzene rings is 1. The second-order valence-corrected chi connectivity index (χ2v) is 2.87. The van der Waals surface area contributed by atoms with E-state index in [0.29, 0.717) is 0 Å². The number of halogens is 2. The Morgan fingerprint density at radius 1 is 1.40 bits per heavy atom. The van der Waals surface area contributed by atoms with E-state index in [1.807, 2.05) is 0 Å². The minimum Gasteiger partial charge on any atom is -0.493 e. The van der Waals surface area contributed by atoms with Gasteiger partial charge in [0.1, 0.15) is 11.6 Å². The highest BCUT2D eigenvalue weighted by Crippen LogP contribution is 2.16. The number of alkyl halides is 1. The fraction of sp³-hybridized carbons (Fsp3) is 0.300. The number of hydrogen-bond acceptors (Lipinski definition) is 2. The average Bonchev–Trinajstić information content (AvgIpc) is 2.17. The normalized spacial score (nSPS) is 10.0. The van der Waals surface area contributed by atoms with Gasteiger partial charge in [0.25, 0.3) is 0 Å². The van der Waals surface area contributed by atoms with Crippen LogP contribution in [0.3, 0.4) is 0 Å². The summed E-state index contributed by atoms with van der Waals surface area (Å²) in [6, 6.07) is 3.15. The Balaban J connectivity index is 2.75. The number of carboxylic acid groups (broad SMARTS) is 1. The number of aromatic carboxylic acids is 1. The van der Waals surface area contributed by atoms with Crippen molar-refractivity contribution >= 4 is 5.97 Å². The molecule has 0 aliphatic heterocycles. The summed E-state index contributed by atoms with van der Waals surface area (Å²) in [7, 11) is 0. The van der Waals surface area contributed by atoms with Gasteiger partial charge in [-0.05, 0) is 12.1 Å². The molecule has 1 aromatic rings. The lowest BCUT2D eigenvalue weighted by atomic mass is 10.2. The van der Waals surface area contributed by atoms with Crippen LogP contribution in [0, 0.1) is 5.82 Å². The van der Waals surface area contributed by atoms with Gasteiger partial charge in [-0.2, -0.15) is 0 Å². The van der Waals surface area contributed by atoms with Crippen molar-refractivity contribution in [3.05, 3.63) is 29.6 Å². The highest BCUT2D eigenvalue weighted by molar-refractivity contribution is 5.88. The summed E-state index contributed by atoms with van der Waals surface area (Å²) < 4.78 is 29.6. The number of ether oxygens (including phenoxy) is 1. The molecule has 3 nitrogen and oxygen atoms in total. The Morgan fingerprint density at radius 3 is 2.73 bits per heavy atom. The standard InChI is InChI=1S/C10H10F2O3/c11-2-1-3-15-9-5-7(10(13)14)4-8(12)6-9/h4-6H,1-3H2,(H,13,14). The van der Waals surface area contributed by atoms with Crippen molar-refractivity contribution in [3.8, 4) is 5.75 Å². The Labute approximate surface area is 85.3 Å². The molecule has 0 spiro atoms. The molecule has 0 radical (unpaired) electrons. The molecule has 0 aromatic heterocycles. The van der Waals surface area contributed by atoms with E-state index < -0.39 is 18.5 Å². The maximum absolute atomic E-state index is 12.9. The molecule has 0 saturated heterocycles. The molecular formula is C10H10F2O3. The van der Waals surface area contributed by atoms with Gasteiger partial charge in [0.15, 0.2) is 0 Å². The SMILES string of the molecule is O=C(O)c1cc(F)cc(OCCCF)c1. The van der Waals surface area contributed by atoms with Gasteiger partial charge in [0, 0.05) is 12.5 Å². The van der Waals surface area contributed by atoms with Crippen molar-refractivity contribution in [2.45, 2.75) is 6.42 Å². The van der Waals surface area contributed by atoms with Crippen molar-refractivity contribution < 1.29 is 23.4 Å². The smallest absolute Gasteiger partial charge is 0.335 e. The monoisotopic (exact) mass is 216 g/mol. The Bertz CT molecular complexity index is 353. The molecule has 0 atom stereocenters. The summed E-state index contributed by atoms with van der Waals surface area (Å²) in [4.78, 5) is 10.6. The lowest BCUT2D eigenvalue weighted by Gasteiger charge is -2.05. The van der Waals surface area contributed by atoms with Crippen molar-refractivity contribution in [1.29, 1.82) is 0 Å². The van der Waals surface area contributed by atoms with Crippen LogP contribution >= 0.6 is 0 Å². The van der Waals surface area contributed by atoms with Crippen molar-refractivity contribution in [2.24, 2.45) is 0 Å². The van der Waals surface area contributed by atoms with Crippen LogP contribution in [0.1, 0.15) is 16.8 Å². The zero-order valence-corrected chi connectivity index (χ0v) is 7.87. The van der Waals surface area contributed by atoms with Crippen LogP contribution in [0.25, 0.3) is 0 Å². The van der Waals surface area contributed by atoms with Crippen LogP contribution in [0.2, 0.25) is 0 Å². The van der Waals surface area contributed by atoms with E-state index in [9.17, 15) is 13.6 Å². The van der Waals surface area contributed by atoms with E-state index in [1.54, 1.807) is 0 Å². The molecule has 1 aromatic carbocycles. The van der Waals surface area contributed by atoms with Gasteiger partial charge in [0.2, 0.25) is 0 Å². The first-order valence-corrected chi connectivity index (χ1v) is 4.36. The van der Waals surface area contributed by atoms with E-state index in [0.717, 1.165) is 12.1 Å². The third-order valence-electron chi connectivity index (χ3n) is 1.66. The van der Waals surface area contributed by atoms with Gasteiger partial charge in [-0.15, -0.1) is 0 Å². The van der Waals surface area contributed by atoms with Crippen LogP contribution in [0.4, 0.5) is 8.78 Å². The molecule has 0 unspecified atom stereocenters. The molecule has 82 valence electrons. The lowest BCUT2D eigenvalue weighted by Crippen LogP contribution is -2.02. The molecule has 1 N–H and O–H groups in total. The summed E-state index contributed by atoms with van der Waals surface area (Å²) in [5.41, 5.74) is -0.190. The van der Waals surface area contributed by atoms with Gasteiger partial charge in [-0.3, -0.25) is 4.39 Å². The third kappa shape index (κ3) is 3.53. The maximum atomic E-state index is 12.9. The van der Waals surface area contributed by atoms with Crippen LogP contribution in [-0.4, -0.2) is 24.4 Å². The van der Waals surface area contributed by atoms with Gasteiger partial charge >= 0.3 is 5.97 Å². The molecule has 0 fully saturated rings. The first kappa shape index (κ1) is 11.4. The quantitative estimate of drug-likeness (QED) is 0.768. The maximum Gasteiger partial charge on any atom is 0.335 e. The zero-order chi connectivity index (χ0) is 11.3. The van der Waals surface area contributed by atoms with Gasteiger partial charge in [-0.25, -0.2) is 9.18 Å². The van der Waals surface area contributed by atoms with E-state index in [2.05, 4.69) is 0 Å². The Kier molecular flexibility index (Phi) is 4.03. The molecule has 0 amide bonds. The first-order chi connectivity index (χ1) is 7.13. The van der Waals surface area contributed by atoms with Crippen molar-refractivity contribution in [3.63, 3.8) is 0 Å². The van der Waals surface area contributed by atoms with E-state index in [-0.39, 0.29) is 24.3 Å². The van der Waals surface area contributed by atoms with E-state index in [1.165, 1.54) is 6.07 Å². The minimum atomic E-state index is -1.23. The van der Waals surface area contributed by atoms with Crippen LogP contribution < -0.4 is 4.74 Å². The number of hydrogen-bond donors (Lipinski definition) is 1. The first-order valence-electron chi connectivity index (χ1n) is 4.36. The van der Waals surface area contributed by atoms with Crippen LogP contribution in [0.15, 0.2) is 18.2 Å². The zero-order valence-electron chi connectivity index (χ0n) is 7.87. The molecular weight excluding hydrogens is 206 g/mol. The summed E-state index contributed by atoms with van der Waals surface area (Å²) in [5, 5.41) is 8.62. The predicted octanol–water partition coefficient (Wildman–Crippen LogP) is 2.26. The molecule has 0 aliphatic carbocycles. The fourth-order valence-corrected chi connectivity index (χ4v) is 1.01. The van der Waals surface area contributed by atoms with Gasteiger partial charge in [0.05, 0.1) is 18.8 Å². The van der Waals surface area contributed by atoms with Crippen molar-refractivity contribution in [1.82, 2.24) is 0 Å². The fourth-order valence-electron chi connectivity index (χ4n) is 1.01. The topological polar surface area (TPSA) is 46.5 Å². The summed E-state index contributed by atoms with van der Waals surface area (Å²) in [5.74, 6) is -1.82. The second kappa shape index (κ2) is 5.29. The highest BCUT2D eigenvalue weighted by Gasteiger charge is 2.07. The third-order valence-corrected chi connectivity index (χ3v) is 1.66. The van der Waals surface area contributed by atoms with Crippen LogP contribution in [-0.2, 0) is 0 Å². The molecule has 1 rings (SSSR count). The van der Waals surface area contributed by atoms with Gasteiger partial charge in [-0.1, -0.05) is 0 Å². The average molecular weight is 216 g/mol. The van der Waals surface area contributed by atoms with Crippen LogP contribution in [0.5, 0.6) is 5.75 Å². The Morgan fingerprint density at radius 2 is 2.13 bits per heavy atom. The summed E-state index contributed by atoms with van der Waals surface area (Å²) >= 11 is 0. The summed E-state index contributed by atoms with van der Waals surface area (Å²) in [6.07, 6.45) is 0.193. The number of carboxylic acids is 1. The largest absolute Gasteiger partial charge is 0.493 e. The molecule has 0 saturated carbocycles. The summed E-state index contributed by atoms with van der Waals surface area (Å²) in [6.45, 7) is -0.430. The van der Waals surface area contributed by atoms with E-state index in [4.69, 9.17) is 9.84 Å². The molecule has 0 heterocycles. The van der Waals surface area contributed by atoms with Crippen molar-refractivity contribution in [2.75, 3.05) is 13.3 Å². The molecule has 0 aliphatic rings. The minimum absolute atomic E-state index is 0.0962. The Hall–Kier alpha value is -1.65. The second-order valence-electron chi connectivity index (χ2n) is 2.87.